The maximum absolute atomic E-state index is 13.1. The number of carboxylic acid groups (broad SMARTS) is 1. The maximum Gasteiger partial charge on any atom is 0.319 e. The van der Waals surface area contributed by atoms with Crippen LogP contribution in [0.2, 0.25) is 0 Å². The standard InChI is InChI=1S/C11H12BrFN2O3/c1-6-4-8(13)7(12)5-9(6)15-11(18)14-3-2-10(16)17/h4-5H,2-3H2,1H3,(H,16,17)(H2,14,15,18). The van der Waals surface area contributed by atoms with Gasteiger partial charge in [0.25, 0.3) is 0 Å². The first-order chi connectivity index (χ1) is 8.40. The van der Waals surface area contributed by atoms with Crippen LogP contribution in [0.25, 0.3) is 0 Å². The second kappa shape index (κ2) is 6.34. The van der Waals surface area contributed by atoms with E-state index in [1.165, 1.54) is 12.1 Å². The highest BCUT2D eigenvalue weighted by atomic mass is 79.9. The lowest BCUT2D eigenvalue weighted by molar-refractivity contribution is -0.136. The first kappa shape index (κ1) is 14.4. The van der Waals surface area contributed by atoms with Gasteiger partial charge in [-0.2, -0.15) is 0 Å². The zero-order valence-electron chi connectivity index (χ0n) is 9.59. The molecule has 2 amide bonds. The Balaban J connectivity index is 2.59. The molecule has 0 radical (unpaired) electrons. The van der Waals surface area contributed by atoms with Gasteiger partial charge in [-0.05, 0) is 40.5 Å². The van der Waals surface area contributed by atoms with Gasteiger partial charge in [0.2, 0.25) is 0 Å². The average molecular weight is 319 g/mol. The van der Waals surface area contributed by atoms with E-state index in [1.807, 2.05) is 0 Å². The third kappa shape index (κ3) is 4.33. The van der Waals surface area contributed by atoms with Crippen molar-refractivity contribution in [3.63, 3.8) is 0 Å². The van der Waals surface area contributed by atoms with Gasteiger partial charge in [-0.1, -0.05) is 0 Å². The van der Waals surface area contributed by atoms with E-state index in [-0.39, 0.29) is 17.4 Å². The molecule has 7 heteroatoms. The van der Waals surface area contributed by atoms with Crippen LogP contribution in [0.15, 0.2) is 16.6 Å². The zero-order valence-corrected chi connectivity index (χ0v) is 11.2. The molecular formula is C11H12BrFN2O3. The van der Waals surface area contributed by atoms with Crippen LogP contribution in [-0.4, -0.2) is 23.7 Å². The third-order valence-corrected chi connectivity index (χ3v) is 2.75. The number of hydrogen-bond donors (Lipinski definition) is 3. The lowest BCUT2D eigenvalue weighted by Gasteiger charge is -2.10. The molecule has 0 saturated carbocycles. The van der Waals surface area contributed by atoms with Crippen molar-refractivity contribution in [3.05, 3.63) is 28.0 Å². The number of nitrogens with one attached hydrogen (secondary N) is 2. The molecule has 0 unspecified atom stereocenters. The van der Waals surface area contributed by atoms with Crippen LogP contribution in [0.5, 0.6) is 0 Å². The number of amides is 2. The van der Waals surface area contributed by atoms with E-state index in [9.17, 15) is 14.0 Å². The Kier molecular flexibility index (Phi) is 5.08. The summed E-state index contributed by atoms with van der Waals surface area (Å²) < 4.78 is 13.4. The van der Waals surface area contributed by atoms with Gasteiger partial charge >= 0.3 is 12.0 Å². The minimum atomic E-state index is -0.990. The van der Waals surface area contributed by atoms with E-state index in [4.69, 9.17) is 5.11 Å². The van der Waals surface area contributed by atoms with Crippen molar-refractivity contribution in [1.29, 1.82) is 0 Å². The molecule has 0 heterocycles. The van der Waals surface area contributed by atoms with Gasteiger partial charge in [0.05, 0.1) is 10.9 Å². The second-order valence-electron chi connectivity index (χ2n) is 3.61. The summed E-state index contributed by atoms with van der Waals surface area (Å²) in [7, 11) is 0. The first-order valence-corrected chi connectivity index (χ1v) is 5.91. The molecule has 1 aromatic carbocycles. The quantitative estimate of drug-likeness (QED) is 0.798. The number of benzene rings is 1. The molecule has 0 aliphatic heterocycles. The van der Waals surface area contributed by atoms with Gasteiger partial charge in [-0.25, -0.2) is 9.18 Å². The molecule has 0 aliphatic rings. The van der Waals surface area contributed by atoms with E-state index < -0.39 is 17.8 Å². The van der Waals surface area contributed by atoms with E-state index in [1.54, 1.807) is 6.92 Å². The molecule has 0 aliphatic carbocycles. The molecule has 0 aromatic heterocycles. The molecule has 0 spiro atoms. The van der Waals surface area contributed by atoms with Crippen LogP contribution in [0.4, 0.5) is 14.9 Å². The Morgan fingerprint density at radius 3 is 2.72 bits per heavy atom. The molecule has 1 aromatic rings. The molecule has 0 fully saturated rings. The number of rotatable bonds is 4. The number of halogens is 2. The SMILES string of the molecule is Cc1cc(F)c(Br)cc1NC(=O)NCCC(=O)O. The summed E-state index contributed by atoms with van der Waals surface area (Å²) >= 11 is 3.02. The number of hydrogen-bond acceptors (Lipinski definition) is 2. The van der Waals surface area contributed by atoms with Crippen molar-refractivity contribution in [2.45, 2.75) is 13.3 Å². The van der Waals surface area contributed by atoms with Gasteiger partial charge in [-0.15, -0.1) is 0 Å². The zero-order chi connectivity index (χ0) is 13.7. The number of aryl methyl sites for hydroxylation is 1. The fraction of sp³-hybridized carbons (Fsp3) is 0.273. The Morgan fingerprint density at radius 2 is 2.11 bits per heavy atom. The molecule has 5 nitrogen and oxygen atoms in total. The molecule has 0 atom stereocenters. The number of carbonyl (C=O) groups excluding carboxylic acids is 1. The van der Waals surface area contributed by atoms with E-state index >= 15 is 0 Å². The van der Waals surface area contributed by atoms with Crippen molar-refractivity contribution in [3.8, 4) is 0 Å². The highest BCUT2D eigenvalue weighted by molar-refractivity contribution is 9.10. The van der Waals surface area contributed by atoms with Crippen LogP contribution >= 0.6 is 15.9 Å². The fourth-order valence-corrected chi connectivity index (χ4v) is 1.57. The predicted octanol–water partition coefficient (Wildman–Crippen LogP) is 2.49. The maximum atomic E-state index is 13.1. The van der Waals surface area contributed by atoms with Crippen LogP contribution in [0.3, 0.4) is 0 Å². The topological polar surface area (TPSA) is 78.4 Å². The number of carbonyl (C=O) groups is 2. The molecule has 0 bridgehead atoms. The Labute approximate surface area is 112 Å². The van der Waals surface area contributed by atoms with Gasteiger partial charge in [0, 0.05) is 12.2 Å². The van der Waals surface area contributed by atoms with E-state index in [2.05, 4.69) is 26.6 Å². The number of anilines is 1. The monoisotopic (exact) mass is 318 g/mol. The van der Waals surface area contributed by atoms with Crippen LogP contribution in [0.1, 0.15) is 12.0 Å². The normalized spacial score (nSPS) is 9.94. The van der Waals surface area contributed by atoms with Gasteiger partial charge < -0.3 is 15.7 Å². The fourth-order valence-electron chi connectivity index (χ4n) is 1.23. The van der Waals surface area contributed by atoms with E-state index in [0.717, 1.165) is 0 Å². The van der Waals surface area contributed by atoms with Crippen molar-refractivity contribution >= 4 is 33.6 Å². The number of carboxylic acids is 1. The largest absolute Gasteiger partial charge is 0.481 e. The van der Waals surface area contributed by atoms with Crippen molar-refractivity contribution in [2.24, 2.45) is 0 Å². The van der Waals surface area contributed by atoms with Crippen molar-refractivity contribution in [2.75, 3.05) is 11.9 Å². The van der Waals surface area contributed by atoms with Crippen molar-refractivity contribution in [1.82, 2.24) is 5.32 Å². The third-order valence-electron chi connectivity index (χ3n) is 2.14. The summed E-state index contributed by atoms with van der Waals surface area (Å²) in [6, 6.07) is 2.20. The van der Waals surface area contributed by atoms with Crippen LogP contribution in [0, 0.1) is 12.7 Å². The summed E-state index contributed by atoms with van der Waals surface area (Å²) in [5.41, 5.74) is 1.03. The predicted molar refractivity (Wildman–Crippen MR) is 68.1 cm³/mol. The molecule has 0 saturated heterocycles. The molecule has 98 valence electrons. The highest BCUT2D eigenvalue weighted by Crippen LogP contribution is 2.24. The molecule has 1 rings (SSSR count). The lowest BCUT2D eigenvalue weighted by atomic mass is 10.2. The van der Waals surface area contributed by atoms with Gasteiger partial charge in [0.15, 0.2) is 0 Å². The lowest BCUT2D eigenvalue weighted by Crippen LogP contribution is -2.30. The summed E-state index contributed by atoms with van der Waals surface area (Å²) in [4.78, 5) is 21.7. The highest BCUT2D eigenvalue weighted by Gasteiger charge is 2.08. The average Bonchev–Trinajstić information content (AvgIpc) is 2.25. The van der Waals surface area contributed by atoms with Gasteiger partial charge in [0.1, 0.15) is 5.82 Å². The first-order valence-electron chi connectivity index (χ1n) is 5.12. The molecular weight excluding hydrogens is 307 g/mol. The number of aliphatic carboxylic acids is 1. The summed E-state index contributed by atoms with van der Waals surface area (Å²) in [6.07, 6.45) is -0.153. The Morgan fingerprint density at radius 1 is 1.44 bits per heavy atom. The smallest absolute Gasteiger partial charge is 0.319 e. The minimum absolute atomic E-state index is 0.0303. The van der Waals surface area contributed by atoms with Crippen LogP contribution < -0.4 is 10.6 Å². The number of urea groups is 1. The van der Waals surface area contributed by atoms with E-state index in [0.29, 0.717) is 11.3 Å². The van der Waals surface area contributed by atoms with Crippen molar-refractivity contribution < 1.29 is 19.1 Å². The second-order valence-corrected chi connectivity index (χ2v) is 4.46. The summed E-state index contributed by atoms with van der Waals surface area (Å²) in [6.45, 7) is 1.69. The summed E-state index contributed by atoms with van der Waals surface area (Å²) in [5.74, 6) is -1.40. The minimum Gasteiger partial charge on any atom is -0.481 e. The Hall–Kier alpha value is -1.63. The molecule has 18 heavy (non-hydrogen) atoms. The van der Waals surface area contributed by atoms with Gasteiger partial charge in [-0.3, -0.25) is 4.79 Å². The van der Waals surface area contributed by atoms with Crippen LogP contribution in [-0.2, 0) is 4.79 Å². The summed E-state index contributed by atoms with van der Waals surface area (Å²) in [5, 5.41) is 13.3. The Bertz CT molecular complexity index is 480. The molecule has 3 N–H and O–H groups in total.